The molecule has 1 heterocycles. The van der Waals surface area contributed by atoms with Crippen molar-refractivity contribution in [2.24, 2.45) is 5.73 Å². The molecule has 1 fully saturated rings. The van der Waals surface area contributed by atoms with Crippen LogP contribution in [-0.4, -0.2) is 42.4 Å². The molecular formula is C27H53N3O2. The van der Waals surface area contributed by atoms with E-state index in [1.54, 1.807) is 0 Å². The van der Waals surface area contributed by atoms with Gasteiger partial charge in [-0.05, 0) is 45.1 Å². The fourth-order valence-electron chi connectivity index (χ4n) is 4.76. The Kier molecular flexibility index (Phi) is 18.5. The minimum absolute atomic E-state index is 0.101. The van der Waals surface area contributed by atoms with Crippen LogP contribution in [0, 0.1) is 0 Å². The average molecular weight is 452 g/mol. The maximum atomic E-state index is 12.8. The molecule has 0 bridgehead atoms. The number of rotatable bonds is 20. The van der Waals surface area contributed by atoms with E-state index >= 15 is 0 Å². The smallest absolute Gasteiger partial charge is 0.222 e. The van der Waals surface area contributed by atoms with Gasteiger partial charge in [-0.1, -0.05) is 84.0 Å². The summed E-state index contributed by atoms with van der Waals surface area (Å²) in [5.41, 5.74) is 5.51. The molecule has 1 aliphatic heterocycles. The summed E-state index contributed by atoms with van der Waals surface area (Å²) in [4.78, 5) is 27.2. The zero-order chi connectivity index (χ0) is 23.3. The zero-order valence-electron chi connectivity index (χ0n) is 21.2. The fourth-order valence-corrected chi connectivity index (χ4v) is 4.76. The van der Waals surface area contributed by atoms with Crippen molar-refractivity contribution in [3.8, 4) is 0 Å². The second-order valence-electron chi connectivity index (χ2n) is 9.78. The number of piperidine rings is 1. The third-order valence-corrected chi connectivity index (χ3v) is 6.82. The van der Waals surface area contributed by atoms with Gasteiger partial charge in [0.05, 0.1) is 0 Å². The lowest BCUT2D eigenvalue weighted by Gasteiger charge is -2.35. The highest BCUT2D eigenvalue weighted by Gasteiger charge is 2.27. The second kappa shape index (κ2) is 20.5. The average Bonchev–Trinajstić information content (AvgIpc) is 2.80. The SMILES string of the molecule is CCCCCCCCCCCCC(=O)N1CCCCC1CC(=O)NCCCCCCCN. The Morgan fingerprint density at radius 1 is 0.812 bits per heavy atom. The Morgan fingerprint density at radius 2 is 1.41 bits per heavy atom. The van der Waals surface area contributed by atoms with Crippen molar-refractivity contribution in [3.63, 3.8) is 0 Å². The molecule has 1 unspecified atom stereocenters. The second-order valence-corrected chi connectivity index (χ2v) is 9.78. The third-order valence-electron chi connectivity index (χ3n) is 6.82. The van der Waals surface area contributed by atoms with Crippen molar-refractivity contribution in [1.82, 2.24) is 10.2 Å². The largest absolute Gasteiger partial charge is 0.356 e. The van der Waals surface area contributed by atoms with Crippen LogP contribution in [0.3, 0.4) is 0 Å². The van der Waals surface area contributed by atoms with Crippen LogP contribution in [0.2, 0.25) is 0 Å². The number of likely N-dealkylation sites (tertiary alicyclic amines) is 1. The van der Waals surface area contributed by atoms with E-state index in [-0.39, 0.29) is 17.9 Å². The highest BCUT2D eigenvalue weighted by atomic mass is 16.2. The number of unbranched alkanes of at least 4 members (excludes halogenated alkanes) is 13. The van der Waals surface area contributed by atoms with Crippen LogP contribution in [0.25, 0.3) is 0 Å². The van der Waals surface area contributed by atoms with Crippen molar-refractivity contribution in [2.75, 3.05) is 19.6 Å². The van der Waals surface area contributed by atoms with Crippen molar-refractivity contribution < 1.29 is 9.59 Å². The molecular weight excluding hydrogens is 398 g/mol. The van der Waals surface area contributed by atoms with Crippen LogP contribution in [0.15, 0.2) is 0 Å². The molecule has 0 aromatic rings. The van der Waals surface area contributed by atoms with E-state index in [0.29, 0.717) is 12.8 Å². The van der Waals surface area contributed by atoms with Gasteiger partial charge in [0.2, 0.25) is 11.8 Å². The molecule has 1 aliphatic rings. The summed E-state index contributed by atoms with van der Waals surface area (Å²) >= 11 is 0. The predicted molar refractivity (Wildman–Crippen MR) is 136 cm³/mol. The van der Waals surface area contributed by atoms with E-state index in [4.69, 9.17) is 5.73 Å². The summed E-state index contributed by atoms with van der Waals surface area (Å²) in [6, 6.07) is 0.101. The quantitative estimate of drug-likeness (QED) is 0.220. The van der Waals surface area contributed by atoms with Gasteiger partial charge in [0.25, 0.3) is 0 Å². The van der Waals surface area contributed by atoms with Gasteiger partial charge in [-0.15, -0.1) is 0 Å². The van der Waals surface area contributed by atoms with Crippen molar-refractivity contribution in [3.05, 3.63) is 0 Å². The lowest BCUT2D eigenvalue weighted by Crippen LogP contribution is -2.46. The molecule has 0 radical (unpaired) electrons. The Labute approximate surface area is 198 Å². The number of nitrogens with two attached hydrogens (primary N) is 1. The van der Waals surface area contributed by atoms with Gasteiger partial charge >= 0.3 is 0 Å². The first-order chi connectivity index (χ1) is 15.7. The van der Waals surface area contributed by atoms with Crippen molar-refractivity contribution in [1.29, 1.82) is 0 Å². The Bertz CT molecular complexity index is 470. The number of carbonyl (C=O) groups excluding carboxylic acids is 2. The lowest BCUT2D eigenvalue weighted by molar-refractivity contribution is -0.136. The van der Waals surface area contributed by atoms with Crippen LogP contribution >= 0.6 is 0 Å². The molecule has 1 saturated heterocycles. The molecule has 188 valence electrons. The molecule has 0 spiro atoms. The number of nitrogens with one attached hydrogen (secondary N) is 1. The summed E-state index contributed by atoms with van der Waals surface area (Å²) in [6.45, 7) is 4.61. The number of hydrogen-bond donors (Lipinski definition) is 2. The fraction of sp³-hybridized carbons (Fsp3) is 0.926. The summed E-state index contributed by atoms with van der Waals surface area (Å²) in [6.07, 6.45) is 22.8. The van der Waals surface area contributed by atoms with Crippen LogP contribution in [0.1, 0.15) is 135 Å². The first-order valence-electron chi connectivity index (χ1n) is 13.9. The van der Waals surface area contributed by atoms with E-state index in [2.05, 4.69) is 12.2 Å². The maximum absolute atomic E-state index is 12.8. The molecule has 0 saturated carbocycles. The molecule has 0 aromatic heterocycles. The van der Waals surface area contributed by atoms with E-state index in [9.17, 15) is 9.59 Å². The number of amides is 2. The first kappa shape index (κ1) is 28.9. The lowest BCUT2D eigenvalue weighted by atomic mass is 9.98. The molecule has 5 nitrogen and oxygen atoms in total. The summed E-state index contributed by atoms with van der Waals surface area (Å²) in [5, 5.41) is 3.07. The summed E-state index contributed by atoms with van der Waals surface area (Å²) < 4.78 is 0. The van der Waals surface area contributed by atoms with Crippen molar-refractivity contribution in [2.45, 2.75) is 141 Å². The normalized spacial score (nSPS) is 16.3. The first-order valence-corrected chi connectivity index (χ1v) is 13.9. The van der Waals surface area contributed by atoms with Crippen molar-refractivity contribution >= 4 is 11.8 Å². The summed E-state index contributed by atoms with van der Waals surface area (Å²) in [5.74, 6) is 0.373. The Balaban J connectivity index is 2.13. The maximum Gasteiger partial charge on any atom is 0.222 e. The van der Waals surface area contributed by atoms with E-state index in [0.717, 1.165) is 71.0 Å². The zero-order valence-corrected chi connectivity index (χ0v) is 21.2. The number of nitrogens with zero attached hydrogens (tertiary/aromatic N) is 1. The minimum Gasteiger partial charge on any atom is -0.356 e. The van der Waals surface area contributed by atoms with Crippen LogP contribution in [-0.2, 0) is 9.59 Å². The van der Waals surface area contributed by atoms with Gasteiger partial charge in [-0.3, -0.25) is 9.59 Å². The van der Waals surface area contributed by atoms with E-state index in [1.807, 2.05) is 4.90 Å². The molecule has 1 rings (SSSR count). The molecule has 32 heavy (non-hydrogen) atoms. The van der Waals surface area contributed by atoms with E-state index < -0.39 is 0 Å². The van der Waals surface area contributed by atoms with Gasteiger partial charge in [-0.25, -0.2) is 0 Å². The molecule has 0 aliphatic carbocycles. The van der Waals surface area contributed by atoms with Gasteiger partial charge in [0, 0.05) is 32.0 Å². The topological polar surface area (TPSA) is 75.4 Å². The van der Waals surface area contributed by atoms with Crippen LogP contribution in [0.5, 0.6) is 0 Å². The minimum atomic E-state index is 0.101. The molecule has 0 aromatic carbocycles. The highest BCUT2D eigenvalue weighted by Crippen LogP contribution is 2.21. The predicted octanol–water partition coefficient (Wildman–Crippen LogP) is 6.09. The standard InChI is InChI=1S/C27H53N3O2/c1-2-3-4-5-6-7-8-9-11-14-20-27(32)30-23-18-15-19-25(30)24-26(31)29-22-17-13-10-12-16-21-28/h25H,2-24,28H2,1H3,(H,29,31). The van der Waals surface area contributed by atoms with Gasteiger partial charge in [0.15, 0.2) is 0 Å². The number of carbonyl (C=O) groups is 2. The summed E-state index contributed by atoms with van der Waals surface area (Å²) in [7, 11) is 0. The van der Waals surface area contributed by atoms with Crippen LogP contribution < -0.4 is 11.1 Å². The molecule has 3 N–H and O–H groups in total. The monoisotopic (exact) mass is 451 g/mol. The highest BCUT2D eigenvalue weighted by molar-refractivity contribution is 5.80. The Hall–Kier alpha value is -1.10. The van der Waals surface area contributed by atoms with E-state index in [1.165, 1.54) is 64.2 Å². The third kappa shape index (κ3) is 14.9. The molecule has 2 amide bonds. The van der Waals surface area contributed by atoms with Crippen LogP contribution in [0.4, 0.5) is 0 Å². The van der Waals surface area contributed by atoms with Gasteiger partial charge in [0.1, 0.15) is 0 Å². The van der Waals surface area contributed by atoms with Gasteiger partial charge < -0.3 is 16.0 Å². The molecule has 5 heteroatoms. The number of hydrogen-bond acceptors (Lipinski definition) is 3. The molecule has 1 atom stereocenters. The van der Waals surface area contributed by atoms with Gasteiger partial charge in [-0.2, -0.15) is 0 Å². The Morgan fingerprint density at radius 3 is 2.06 bits per heavy atom.